The van der Waals surface area contributed by atoms with Gasteiger partial charge in [-0.25, -0.2) is 0 Å². The maximum Gasteiger partial charge on any atom is 0.0781 e. The van der Waals surface area contributed by atoms with Crippen LogP contribution < -0.4 is 0 Å². The van der Waals surface area contributed by atoms with Crippen LogP contribution in [0.5, 0.6) is 0 Å². The molecule has 1 unspecified atom stereocenters. The molecule has 0 aromatic carbocycles. The summed E-state index contributed by atoms with van der Waals surface area (Å²) in [5, 5.41) is 0. The molecule has 0 aromatic heterocycles. The molecule has 0 saturated carbocycles. The summed E-state index contributed by atoms with van der Waals surface area (Å²) in [5.74, 6) is 0. The summed E-state index contributed by atoms with van der Waals surface area (Å²) in [6, 6.07) is 0. The largest absolute Gasteiger partial charge is 0.373 e. The Bertz CT molecular complexity index is 31.2. The molecule has 1 atom stereocenters. The standard InChI is InChI=1S/C3H6O.C3H8/c1-3-2-4-3;1-3-2/h3H,2H2,1H3;3H2,1-2H3. The third kappa shape index (κ3) is 10.7. The van der Waals surface area contributed by atoms with Crippen molar-refractivity contribution in [3.63, 3.8) is 0 Å². The fraction of sp³-hybridized carbons (Fsp3) is 1.00. The van der Waals surface area contributed by atoms with E-state index in [1.807, 2.05) is 0 Å². The fourth-order valence-electron chi connectivity index (χ4n) is 0.0962. The Morgan fingerprint density at radius 3 is 1.71 bits per heavy atom. The molecular weight excluding hydrogens is 88.1 g/mol. The van der Waals surface area contributed by atoms with Gasteiger partial charge in [-0.2, -0.15) is 0 Å². The Kier molecular flexibility index (Phi) is 4.10. The average Bonchev–Trinajstić information content (AvgIpc) is 2.25. The number of hydrogen-bond acceptors (Lipinski definition) is 1. The van der Waals surface area contributed by atoms with Gasteiger partial charge in [0.2, 0.25) is 0 Å². The zero-order valence-electron chi connectivity index (χ0n) is 5.40. The summed E-state index contributed by atoms with van der Waals surface area (Å²) in [6.07, 6.45) is 1.83. The van der Waals surface area contributed by atoms with Crippen molar-refractivity contribution in [3.05, 3.63) is 0 Å². The van der Waals surface area contributed by atoms with Gasteiger partial charge >= 0.3 is 0 Å². The lowest BCUT2D eigenvalue weighted by Gasteiger charge is -1.50. The number of ether oxygens (including phenoxy) is 1. The Morgan fingerprint density at radius 1 is 1.57 bits per heavy atom. The van der Waals surface area contributed by atoms with Crippen LogP contribution in [0, 0.1) is 0 Å². The van der Waals surface area contributed by atoms with Gasteiger partial charge in [-0.05, 0) is 6.92 Å². The van der Waals surface area contributed by atoms with Gasteiger partial charge in [0.1, 0.15) is 0 Å². The van der Waals surface area contributed by atoms with Gasteiger partial charge in [-0.3, -0.25) is 0 Å². The lowest BCUT2D eigenvalue weighted by molar-refractivity contribution is 0.423. The van der Waals surface area contributed by atoms with E-state index in [4.69, 9.17) is 4.74 Å². The van der Waals surface area contributed by atoms with Crippen LogP contribution in [-0.2, 0) is 4.74 Å². The summed E-state index contributed by atoms with van der Waals surface area (Å²) < 4.78 is 4.71. The quantitative estimate of drug-likeness (QED) is 0.425. The molecule has 7 heavy (non-hydrogen) atoms. The van der Waals surface area contributed by atoms with Crippen LogP contribution in [0.3, 0.4) is 0 Å². The summed E-state index contributed by atoms with van der Waals surface area (Å²) in [5.41, 5.74) is 0. The zero-order valence-corrected chi connectivity index (χ0v) is 5.40. The number of rotatable bonds is 0. The summed E-state index contributed by atoms with van der Waals surface area (Å²) >= 11 is 0. The minimum atomic E-state index is 0.583. The first-order chi connectivity index (χ1) is 3.31. The second kappa shape index (κ2) is 4.13. The predicted molar refractivity (Wildman–Crippen MR) is 31.4 cm³/mol. The van der Waals surface area contributed by atoms with Gasteiger partial charge in [0, 0.05) is 0 Å². The molecule has 1 aliphatic heterocycles. The predicted octanol–water partition coefficient (Wildman–Crippen LogP) is 1.82. The average molecular weight is 102 g/mol. The van der Waals surface area contributed by atoms with Gasteiger partial charge in [0.15, 0.2) is 0 Å². The molecule has 0 bridgehead atoms. The van der Waals surface area contributed by atoms with Gasteiger partial charge in [-0.1, -0.05) is 20.3 Å². The molecule has 0 aromatic rings. The van der Waals surface area contributed by atoms with E-state index >= 15 is 0 Å². The SMILES string of the molecule is CC1CO1.CCC. The van der Waals surface area contributed by atoms with Crippen LogP contribution in [0.2, 0.25) is 0 Å². The molecule has 1 heterocycles. The van der Waals surface area contributed by atoms with E-state index in [1.165, 1.54) is 6.42 Å². The van der Waals surface area contributed by atoms with Gasteiger partial charge < -0.3 is 4.74 Å². The minimum absolute atomic E-state index is 0.583. The van der Waals surface area contributed by atoms with Crippen molar-refractivity contribution in [1.29, 1.82) is 0 Å². The second-order valence-corrected chi connectivity index (χ2v) is 1.85. The number of epoxide rings is 1. The highest BCUT2D eigenvalue weighted by molar-refractivity contribution is 4.58. The molecule has 1 fully saturated rings. The van der Waals surface area contributed by atoms with E-state index in [-0.39, 0.29) is 0 Å². The summed E-state index contributed by atoms with van der Waals surface area (Å²) in [6.45, 7) is 7.29. The van der Waals surface area contributed by atoms with Crippen molar-refractivity contribution in [2.75, 3.05) is 6.61 Å². The monoisotopic (exact) mass is 102 g/mol. The van der Waals surface area contributed by atoms with Crippen LogP contribution >= 0.6 is 0 Å². The van der Waals surface area contributed by atoms with Crippen molar-refractivity contribution < 1.29 is 4.74 Å². The second-order valence-electron chi connectivity index (χ2n) is 1.85. The van der Waals surface area contributed by atoms with Crippen molar-refractivity contribution in [1.82, 2.24) is 0 Å². The Labute approximate surface area is 45.7 Å². The highest BCUT2D eigenvalue weighted by Gasteiger charge is 2.13. The molecule has 1 nitrogen and oxygen atoms in total. The maximum atomic E-state index is 4.71. The van der Waals surface area contributed by atoms with Gasteiger partial charge in [-0.15, -0.1) is 0 Å². The first kappa shape index (κ1) is 6.96. The van der Waals surface area contributed by atoms with Crippen molar-refractivity contribution >= 4 is 0 Å². The molecule has 1 saturated heterocycles. The normalized spacial score (nSPS) is 25.3. The fourth-order valence-corrected chi connectivity index (χ4v) is 0.0962. The first-order valence-electron chi connectivity index (χ1n) is 2.92. The van der Waals surface area contributed by atoms with Crippen LogP contribution in [-0.4, -0.2) is 12.7 Å². The molecule has 0 amide bonds. The van der Waals surface area contributed by atoms with Crippen molar-refractivity contribution in [2.45, 2.75) is 33.3 Å². The molecule has 0 N–H and O–H groups in total. The molecule has 44 valence electrons. The van der Waals surface area contributed by atoms with E-state index in [2.05, 4.69) is 20.8 Å². The van der Waals surface area contributed by atoms with E-state index < -0.39 is 0 Å². The van der Waals surface area contributed by atoms with Crippen LogP contribution in [0.4, 0.5) is 0 Å². The van der Waals surface area contributed by atoms with Crippen LogP contribution in [0.15, 0.2) is 0 Å². The van der Waals surface area contributed by atoms with E-state index in [0.29, 0.717) is 6.10 Å². The molecular formula is C6H14O. The Balaban J connectivity index is 0.000000110. The smallest absolute Gasteiger partial charge is 0.0781 e. The topological polar surface area (TPSA) is 12.5 Å². The Hall–Kier alpha value is -0.0400. The third-order valence-electron chi connectivity index (χ3n) is 0.500. The summed E-state index contributed by atoms with van der Waals surface area (Å²) in [7, 11) is 0. The number of hydrogen-bond donors (Lipinski definition) is 0. The molecule has 1 aliphatic rings. The maximum absolute atomic E-state index is 4.71. The lowest BCUT2D eigenvalue weighted by Crippen LogP contribution is -1.60. The third-order valence-corrected chi connectivity index (χ3v) is 0.500. The van der Waals surface area contributed by atoms with Crippen LogP contribution in [0.25, 0.3) is 0 Å². The molecule has 0 aliphatic carbocycles. The van der Waals surface area contributed by atoms with Crippen molar-refractivity contribution in [2.24, 2.45) is 0 Å². The van der Waals surface area contributed by atoms with Gasteiger partial charge in [0.05, 0.1) is 12.7 Å². The van der Waals surface area contributed by atoms with Crippen LogP contribution in [0.1, 0.15) is 27.2 Å². The van der Waals surface area contributed by atoms with Crippen molar-refractivity contribution in [3.8, 4) is 0 Å². The van der Waals surface area contributed by atoms with Gasteiger partial charge in [0.25, 0.3) is 0 Å². The first-order valence-corrected chi connectivity index (χ1v) is 2.92. The highest BCUT2D eigenvalue weighted by atomic mass is 16.6. The highest BCUT2D eigenvalue weighted by Crippen LogP contribution is 2.04. The minimum Gasteiger partial charge on any atom is -0.373 e. The zero-order chi connectivity index (χ0) is 5.70. The van der Waals surface area contributed by atoms with E-state index in [1.54, 1.807) is 0 Å². The lowest BCUT2D eigenvalue weighted by atomic mass is 10.6. The Morgan fingerprint density at radius 2 is 1.71 bits per heavy atom. The molecule has 1 heteroatoms. The molecule has 0 spiro atoms. The van der Waals surface area contributed by atoms with E-state index in [0.717, 1.165) is 6.61 Å². The van der Waals surface area contributed by atoms with E-state index in [9.17, 15) is 0 Å². The molecule has 0 radical (unpaired) electrons. The molecule has 1 rings (SSSR count). The summed E-state index contributed by atoms with van der Waals surface area (Å²) in [4.78, 5) is 0.